The summed E-state index contributed by atoms with van der Waals surface area (Å²) in [6.07, 6.45) is 2.44. The van der Waals surface area contributed by atoms with Crippen LogP contribution < -0.4 is 5.32 Å². The molecule has 1 aromatic carbocycles. The molecule has 1 aliphatic rings. The standard InChI is InChI=1S/C18H23N3/c1-10-8-11(2)15(12(3)9-10)16-13(4)17(19-5)21-18(20-16)14-6-7-14/h8-9,14H,6-7H2,1-5H3,(H,19,20,21). The molecule has 0 radical (unpaired) electrons. The first-order chi connectivity index (χ1) is 10.0. The molecule has 0 unspecified atom stereocenters. The third kappa shape index (κ3) is 2.53. The van der Waals surface area contributed by atoms with E-state index in [0.717, 1.165) is 22.9 Å². The van der Waals surface area contributed by atoms with Gasteiger partial charge in [0.05, 0.1) is 5.69 Å². The van der Waals surface area contributed by atoms with Crippen molar-refractivity contribution in [2.45, 2.75) is 46.5 Å². The molecular weight excluding hydrogens is 258 g/mol. The highest BCUT2D eigenvalue weighted by atomic mass is 15.0. The SMILES string of the molecule is CNc1nc(C2CC2)nc(-c2c(C)cc(C)cc2C)c1C. The average Bonchev–Trinajstić information content (AvgIpc) is 3.24. The number of anilines is 1. The summed E-state index contributed by atoms with van der Waals surface area (Å²) in [5, 5.41) is 3.23. The molecule has 1 aromatic heterocycles. The molecule has 0 spiro atoms. The van der Waals surface area contributed by atoms with Gasteiger partial charge in [-0.1, -0.05) is 17.7 Å². The summed E-state index contributed by atoms with van der Waals surface area (Å²) < 4.78 is 0. The predicted molar refractivity (Wildman–Crippen MR) is 87.9 cm³/mol. The van der Waals surface area contributed by atoms with Crippen molar-refractivity contribution in [3.63, 3.8) is 0 Å². The van der Waals surface area contributed by atoms with E-state index in [0.29, 0.717) is 5.92 Å². The Labute approximate surface area is 126 Å². The minimum atomic E-state index is 0.558. The van der Waals surface area contributed by atoms with Gasteiger partial charge in [-0.3, -0.25) is 0 Å². The summed E-state index contributed by atoms with van der Waals surface area (Å²) in [6, 6.07) is 4.47. The second-order valence-corrected chi connectivity index (χ2v) is 6.20. The van der Waals surface area contributed by atoms with E-state index in [9.17, 15) is 0 Å². The maximum atomic E-state index is 4.91. The normalized spacial score (nSPS) is 14.3. The molecule has 0 atom stereocenters. The second-order valence-electron chi connectivity index (χ2n) is 6.20. The van der Waals surface area contributed by atoms with E-state index in [1.165, 1.54) is 35.1 Å². The lowest BCUT2D eigenvalue weighted by Crippen LogP contribution is -2.06. The van der Waals surface area contributed by atoms with Crippen molar-refractivity contribution in [1.29, 1.82) is 0 Å². The van der Waals surface area contributed by atoms with Gasteiger partial charge in [-0.25, -0.2) is 9.97 Å². The van der Waals surface area contributed by atoms with E-state index >= 15 is 0 Å². The Morgan fingerprint density at radius 2 is 1.62 bits per heavy atom. The first kappa shape index (κ1) is 14.1. The largest absolute Gasteiger partial charge is 0.373 e. The van der Waals surface area contributed by atoms with Crippen molar-refractivity contribution < 1.29 is 0 Å². The van der Waals surface area contributed by atoms with Crippen LogP contribution in [0.25, 0.3) is 11.3 Å². The summed E-state index contributed by atoms with van der Waals surface area (Å²) in [5.41, 5.74) is 7.37. The number of hydrogen-bond donors (Lipinski definition) is 1. The molecule has 1 fully saturated rings. The fourth-order valence-electron chi connectivity index (χ4n) is 3.10. The predicted octanol–water partition coefficient (Wildman–Crippen LogP) is 4.30. The zero-order chi connectivity index (χ0) is 15.1. The summed E-state index contributed by atoms with van der Waals surface area (Å²) in [7, 11) is 1.94. The average molecular weight is 281 g/mol. The van der Waals surface area contributed by atoms with Crippen molar-refractivity contribution in [2.24, 2.45) is 0 Å². The van der Waals surface area contributed by atoms with Crippen molar-refractivity contribution >= 4 is 5.82 Å². The van der Waals surface area contributed by atoms with E-state index < -0.39 is 0 Å². The maximum absolute atomic E-state index is 4.91. The van der Waals surface area contributed by atoms with Crippen LogP contribution in [0.3, 0.4) is 0 Å². The van der Waals surface area contributed by atoms with Gasteiger partial charge in [-0.05, 0) is 51.7 Å². The topological polar surface area (TPSA) is 37.8 Å². The lowest BCUT2D eigenvalue weighted by atomic mass is 9.95. The molecular formula is C18H23N3. The molecule has 3 nitrogen and oxygen atoms in total. The van der Waals surface area contributed by atoms with Gasteiger partial charge in [0.2, 0.25) is 0 Å². The van der Waals surface area contributed by atoms with Crippen LogP contribution in [-0.2, 0) is 0 Å². The van der Waals surface area contributed by atoms with E-state index in [-0.39, 0.29) is 0 Å². The molecule has 1 heterocycles. The van der Waals surface area contributed by atoms with Crippen LogP contribution in [0.5, 0.6) is 0 Å². The van der Waals surface area contributed by atoms with Crippen LogP contribution in [0, 0.1) is 27.7 Å². The number of benzene rings is 1. The number of aryl methyl sites for hydroxylation is 3. The number of nitrogens with zero attached hydrogens (tertiary/aromatic N) is 2. The van der Waals surface area contributed by atoms with E-state index in [2.05, 4.69) is 45.1 Å². The molecule has 0 bridgehead atoms. The molecule has 2 aromatic rings. The molecule has 110 valence electrons. The van der Waals surface area contributed by atoms with Gasteiger partial charge in [0, 0.05) is 24.1 Å². The zero-order valence-electron chi connectivity index (χ0n) is 13.5. The van der Waals surface area contributed by atoms with Gasteiger partial charge < -0.3 is 5.32 Å². The minimum Gasteiger partial charge on any atom is -0.373 e. The molecule has 0 aliphatic heterocycles. The third-order valence-electron chi connectivity index (χ3n) is 4.26. The Morgan fingerprint density at radius 1 is 1.00 bits per heavy atom. The molecule has 3 rings (SSSR count). The van der Waals surface area contributed by atoms with Gasteiger partial charge in [-0.15, -0.1) is 0 Å². The van der Waals surface area contributed by atoms with Crippen molar-refractivity contribution in [3.8, 4) is 11.3 Å². The van der Waals surface area contributed by atoms with E-state index in [4.69, 9.17) is 9.97 Å². The molecule has 3 heteroatoms. The Hall–Kier alpha value is -1.90. The summed E-state index contributed by atoms with van der Waals surface area (Å²) in [6.45, 7) is 8.60. The first-order valence-corrected chi connectivity index (χ1v) is 7.65. The monoisotopic (exact) mass is 281 g/mol. The van der Waals surface area contributed by atoms with E-state index in [1.54, 1.807) is 0 Å². The van der Waals surface area contributed by atoms with Crippen LogP contribution in [0.4, 0.5) is 5.82 Å². The molecule has 1 N–H and O–H groups in total. The fraction of sp³-hybridized carbons (Fsp3) is 0.444. The van der Waals surface area contributed by atoms with Crippen LogP contribution in [-0.4, -0.2) is 17.0 Å². The summed E-state index contributed by atoms with van der Waals surface area (Å²) in [5.74, 6) is 2.52. The molecule has 0 saturated heterocycles. The van der Waals surface area contributed by atoms with Crippen LogP contribution in [0.2, 0.25) is 0 Å². The number of nitrogens with one attached hydrogen (secondary N) is 1. The highest BCUT2D eigenvalue weighted by Crippen LogP contribution is 2.41. The summed E-state index contributed by atoms with van der Waals surface area (Å²) in [4.78, 5) is 9.61. The van der Waals surface area contributed by atoms with Gasteiger partial charge in [-0.2, -0.15) is 0 Å². The Kier molecular flexibility index (Phi) is 3.44. The Morgan fingerprint density at radius 3 is 2.14 bits per heavy atom. The lowest BCUT2D eigenvalue weighted by molar-refractivity contribution is 0.922. The molecule has 0 amide bonds. The molecule has 21 heavy (non-hydrogen) atoms. The number of hydrogen-bond acceptors (Lipinski definition) is 3. The quantitative estimate of drug-likeness (QED) is 0.911. The van der Waals surface area contributed by atoms with E-state index in [1.807, 2.05) is 7.05 Å². The molecule has 1 saturated carbocycles. The maximum Gasteiger partial charge on any atom is 0.134 e. The van der Waals surface area contributed by atoms with Gasteiger partial charge >= 0.3 is 0 Å². The number of aromatic nitrogens is 2. The van der Waals surface area contributed by atoms with Gasteiger partial charge in [0.15, 0.2) is 0 Å². The smallest absolute Gasteiger partial charge is 0.134 e. The van der Waals surface area contributed by atoms with Crippen molar-refractivity contribution in [3.05, 3.63) is 40.2 Å². The highest BCUT2D eigenvalue weighted by Gasteiger charge is 2.28. The van der Waals surface area contributed by atoms with Crippen LogP contribution in [0.1, 0.15) is 46.8 Å². The van der Waals surface area contributed by atoms with Crippen LogP contribution >= 0.6 is 0 Å². The first-order valence-electron chi connectivity index (χ1n) is 7.65. The second kappa shape index (κ2) is 5.14. The van der Waals surface area contributed by atoms with Crippen molar-refractivity contribution in [1.82, 2.24) is 9.97 Å². The van der Waals surface area contributed by atoms with Crippen molar-refractivity contribution in [2.75, 3.05) is 12.4 Å². The van der Waals surface area contributed by atoms with Gasteiger partial charge in [0.1, 0.15) is 11.6 Å². The minimum absolute atomic E-state index is 0.558. The summed E-state index contributed by atoms with van der Waals surface area (Å²) >= 11 is 0. The number of rotatable bonds is 3. The van der Waals surface area contributed by atoms with Crippen LogP contribution in [0.15, 0.2) is 12.1 Å². The Balaban J connectivity index is 2.24. The zero-order valence-corrected chi connectivity index (χ0v) is 13.5. The molecule has 1 aliphatic carbocycles. The highest BCUT2D eigenvalue weighted by molar-refractivity contribution is 5.74. The third-order valence-corrected chi connectivity index (χ3v) is 4.26. The lowest BCUT2D eigenvalue weighted by Gasteiger charge is -2.16. The van der Waals surface area contributed by atoms with Gasteiger partial charge in [0.25, 0.3) is 0 Å². The fourth-order valence-corrected chi connectivity index (χ4v) is 3.10. The Bertz CT molecular complexity index is 677.